The van der Waals surface area contributed by atoms with E-state index in [9.17, 15) is 0 Å². The molecule has 1 aromatic rings. The molecule has 0 N–H and O–H groups in total. The third-order valence-corrected chi connectivity index (χ3v) is 2.15. The van der Waals surface area contributed by atoms with Crippen LogP contribution in [0.2, 0.25) is 0 Å². The fourth-order valence-corrected chi connectivity index (χ4v) is 1.43. The van der Waals surface area contributed by atoms with Gasteiger partial charge in [-0.3, -0.25) is 0 Å². The van der Waals surface area contributed by atoms with E-state index in [1.54, 1.807) is 0 Å². The number of hydrogen-bond donors (Lipinski definition) is 0. The van der Waals surface area contributed by atoms with E-state index in [2.05, 4.69) is 19.1 Å². The van der Waals surface area contributed by atoms with Gasteiger partial charge in [0.1, 0.15) is 0 Å². The van der Waals surface area contributed by atoms with Gasteiger partial charge in [-0.25, -0.2) is 0 Å². The van der Waals surface area contributed by atoms with Crippen LogP contribution in [-0.4, -0.2) is 6.79 Å². The van der Waals surface area contributed by atoms with Gasteiger partial charge in [0.25, 0.3) is 0 Å². The van der Waals surface area contributed by atoms with Crippen LogP contribution in [0.1, 0.15) is 18.4 Å². The lowest BCUT2D eigenvalue weighted by Gasteiger charge is -2.01. The van der Waals surface area contributed by atoms with Crippen LogP contribution in [0.4, 0.5) is 0 Å². The second-order valence-corrected chi connectivity index (χ2v) is 3.14. The Hall–Kier alpha value is -1.18. The maximum Gasteiger partial charge on any atom is 0.231 e. The van der Waals surface area contributed by atoms with E-state index < -0.39 is 0 Å². The molecule has 1 heterocycles. The molecule has 0 fully saturated rings. The summed E-state index contributed by atoms with van der Waals surface area (Å²) in [6.07, 6.45) is 3.17. The second kappa shape index (κ2) is 3.69. The summed E-state index contributed by atoms with van der Waals surface area (Å²) in [5.41, 5.74) is 1.30. The number of benzene rings is 1. The summed E-state index contributed by atoms with van der Waals surface area (Å²) in [7, 11) is 0. The third-order valence-electron chi connectivity index (χ3n) is 2.15. The molecule has 0 bridgehead atoms. The fourth-order valence-electron chi connectivity index (χ4n) is 1.43. The minimum atomic E-state index is 0.355. The first kappa shape index (κ1) is 8.42. The Kier molecular flexibility index (Phi) is 2.39. The van der Waals surface area contributed by atoms with Gasteiger partial charge in [0.05, 0.1) is 0 Å². The molecule has 0 aromatic heterocycles. The quantitative estimate of drug-likeness (QED) is 0.706. The third kappa shape index (κ3) is 1.77. The minimum absolute atomic E-state index is 0.355. The smallest absolute Gasteiger partial charge is 0.231 e. The van der Waals surface area contributed by atoms with Gasteiger partial charge in [0.15, 0.2) is 11.5 Å². The minimum Gasteiger partial charge on any atom is -0.454 e. The van der Waals surface area contributed by atoms with Crippen LogP contribution in [0, 0.1) is 6.92 Å². The summed E-state index contributed by atoms with van der Waals surface area (Å²) >= 11 is 0. The zero-order valence-corrected chi connectivity index (χ0v) is 7.58. The molecule has 1 aliphatic heterocycles. The monoisotopic (exact) mass is 177 g/mol. The number of rotatable bonds is 3. The Morgan fingerprint density at radius 3 is 2.92 bits per heavy atom. The van der Waals surface area contributed by atoms with E-state index >= 15 is 0 Å². The lowest BCUT2D eigenvalue weighted by Crippen LogP contribution is -1.92. The van der Waals surface area contributed by atoms with E-state index in [0.29, 0.717) is 6.79 Å². The molecule has 13 heavy (non-hydrogen) atoms. The van der Waals surface area contributed by atoms with Crippen molar-refractivity contribution in [3.8, 4) is 11.5 Å². The molecule has 0 atom stereocenters. The largest absolute Gasteiger partial charge is 0.454 e. The van der Waals surface area contributed by atoms with Crippen molar-refractivity contribution in [3.63, 3.8) is 0 Å². The Morgan fingerprint density at radius 2 is 2.08 bits per heavy atom. The van der Waals surface area contributed by atoms with Crippen molar-refractivity contribution in [2.75, 3.05) is 6.79 Å². The molecule has 0 aliphatic carbocycles. The predicted molar refractivity (Wildman–Crippen MR) is 50.9 cm³/mol. The molecular weight excluding hydrogens is 164 g/mol. The summed E-state index contributed by atoms with van der Waals surface area (Å²) in [6, 6.07) is 6.11. The van der Waals surface area contributed by atoms with Gasteiger partial charge < -0.3 is 9.47 Å². The molecule has 69 valence electrons. The highest BCUT2D eigenvalue weighted by atomic mass is 16.7. The topological polar surface area (TPSA) is 18.5 Å². The van der Waals surface area contributed by atoms with E-state index in [1.165, 1.54) is 5.56 Å². The SMILES string of the molecule is [CH2]CCCc1ccc2c(c1)OCO2. The number of ether oxygens (including phenoxy) is 2. The van der Waals surface area contributed by atoms with Crippen LogP contribution < -0.4 is 9.47 Å². The molecular formula is C11H13O2. The van der Waals surface area contributed by atoms with Crippen LogP contribution in [-0.2, 0) is 6.42 Å². The molecule has 2 nitrogen and oxygen atoms in total. The van der Waals surface area contributed by atoms with Gasteiger partial charge in [-0.15, -0.1) is 0 Å². The van der Waals surface area contributed by atoms with Crippen LogP contribution in [0.15, 0.2) is 18.2 Å². The number of hydrogen-bond acceptors (Lipinski definition) is 2. The van der Waals surface area contributed by atoms with Crippen molar-refractivity contribution in [3.05, 3.63) is 30.7 Å². The molecule has 0 unspecified atom stereocenters. The van der Waals surface area contributed by atoms with Crippen LogP contribution >= 0.6 is 0 Å². The van der Waals surface area contributed by atoms with E-state index in [-0.39, 0.29) is 0 Å². The molecule has 2 heteroatoms. The summed E-state index contributed by atoms with van der Waals surface area (Å²) < 4.78 is 10.5. The second-order valence-electron chi connectivity index (χ2n) is 3.14. The average molecular weight is 177 g/mol. The molecule has 2 rings (SSSR count). The van der Waals surface area contributed by atoms with Crippen LogP contribution in [0.25, 0.3) is 0 Å². The zero-order valence-electron chi connectivity index (χ0n) is 7.58. The maximum absolute atomic E-state index is 5.28. The highest BCUT2D eigenvalue weighted by molar-refractivity contribution is 5.44. The highest BCUT2D eigenvalue weighted by Crippen LogP contribution is 2.32. The van der Waals surface area contributed by atoms with Crippen molar-refractivity contribution in [2.24, 2.45) is 0 Å². The standard InChI is InChI=1S/C11H13O2/c1-2-3-4-9-5-6-10-11(7-9)13-8-12-10/h5-7H,1-4,8H2. The van der Waals surface area contributed by atoms with Gasteiger partial charge in [-0.05, 0) is 30.5 Å². The van der Waals surface area contributed by atoms with Gasteiger partial charge in [-0.1, -0.05) is 19.4 Å². The normalized spacial score (nSPS) is 13.3. The van der Waals surface area contributed by atoms with Gasteiger partial charge in [0.2, 0.25) is 6.79 Å². The first-order chi connectivity index (χ1) is 6.40. The molecule has 0 amide bonds. The number of unbranched alkanes of at least 4 members (excludes halogenated alkanes) is 1. The van der Waals surface area contributed by atoms with Crippen LogP contribution in [0.5, 0.6) is 11.5 Å². The molecule has 1 radical (unpaired) electrons. The summed E-state index contributed by atoms with van der Waals surface area (Å²) in [6.45, 7) is 4.17. The Balaban J connectivity index is 2.12. The maximum atomic E-state index is 5.28. The van der Waals surface area contributed by atoms with Crippen molar-refractivity contribution >= 4 is 0 Å². The first-order valence-electron chi connectivity index (χ1n) is 4.58. The van der Waals surface area contributed by atoms with Crippen molar-refractivity contribution in [2.45, 2.75) is 19.3 Å². The van der Waals surface area contributed by atoms with E-state index in [0.717, 1.165) is 30.8 Å². The van der Waals surface area contributed by atoms with Gasteiger partial charge in [-0.2, -0.15) is 0 Å². The Morgan fingerprint density at radius 1 is 1.23 bits per heavy atom. The number of fused-ring (bicyclic) bond motifs is 1. The lowest BCUT2D eigenvalue weighted by atomic mass is 10.1. The van der Waals surface area contributed by atoms with Crippen molar-refractivity contribution < 1.29 is 9.47 Å². The van der Waals surface area contributed by atoms with Gasteiger partial charge in [0, 0.05) is 0 Å². The molecule has 0 spiro atoms. The van der Waals surface area contributed by atoms with E-state index in [4.69, 9.17) is 9.47 Å². The Bertz CT molecular complexity index is 294. The van der Waals surface area contributed by atoms with Crippen LogP contribution in [0.3, 0.4) is 0 Å². The molecule has 1 aliphatic rings. The molecule has 1 aromatic carbocycles. The highest BCUT2D eigenvalue weighted by Gasteiger charge is 2.12. The van der Waals surface area contributed by atoms with Gasteiger partial charge >= 0.3 is 0 Å². The lowest BCUT2D eigenvalue weighted by molar-refractivity contribution is 0.174. The van der Waals surface area contributed by atoms with Crippen molar-refractivity contribution in [1.82, 2.24) is 0 Å². The molecule has 0 saturated heterocycles. The predicted octanol–water partition coefficient (Wildman–Crippen LogP) is 2.57. The summed E-state index contributed by atoms with van der Waals surface area (Å²) in [5.74, 6) is 1.74. The average Bonchev–Trinajstić information content (AvgIpc) is 2.61. The van der Waals surface area contributed by atoms with E-state index in [1.807, 2.05) is 6.07 Å². The summed E-state index contributed by atoms with van der Waals surface area (Å²) in [5, 5.41) is 0. The summed E-state index contributed by atoms with van der Waals surface area (Å²) in [4.78, 5) is 0. The number of aryl methyl sites for hydroxylation is 1. The molecule has 0 saturated carbocycles. The first-order valence-corrected chi connectivity index (χ1v) is 4.58. The van der Waals surface area contributed by atoms with Crippen molar-refractivity contribution in [1.29, 1.82) is 0 Å². The zero-order chi connectivity index (χ0) is 9.10. The Labute approximate surface area is 78.5 Å². The fraction of sp³-hybridized carbons (Fsp3) is 0.364.